The Morgan fingerprint density at radius 3 is 2.35 bits per heavy atom. The van der Waals surface area contributed by atoms with Crippen LogP contribution in [0.1, 0.15) is 31.0 Å². The molecule has 23 heavy (non-hydrogen) atoms. The Hall–Kier alpha value is -2.62. The van der Waals surface area contributed by atoms with Gasteiger partial charge < -0.3 is 4.74 Å². The zero-order valence-electron chi connectivity index (χ0n) is 13.9. The summed E-state index contributed by atoms with van der Waals surface area (Å²) < 4.78 is 7.09. The molecule has 118 valence electrons. The Bertz CT molecular complexity index is 786. The number of ether oxygens (including phenoxy) is 1. The molecule has 0 amide bonds. The van der Waals surface area contributed by atoms with E-state index in [1.807, 2.05) is 16.8 Å². The molecule has 2 aromatic heterocycles. The summed E-state index contributed by atoms with van der Waals surface area (Å²) in [7, 11) is 1.62. The van der Waals surface area contributed by atoms with E-state index >= 15 is 0 Å². The molecular formula is C19H21N3O. The molecule has 0 unspecified atom stereocenters. The maximum absolute atomic E-state index is 5.14. The van der Waals surface area contributed by atoms with Gasteiger partial charge in [-0.05, 0) is 25.0 Å². The van der Waals surface area contributed by atoms with E-state index in [0.29, 0.717) is 11.8 Å². The zero-order chi connectivity index (χ0) is 16.4. The maximum atomic E-state index is 5.14. The molecule has 0 aliphatic heterocycles. The maximum Gasteiger partial charge on any atom is 0.213 e. The van der Waals surface area contributed by atoms with Crippen LogP contribution in [-0.4, -0.2) is 21.9 Å². The third kappa shape index (κ3) is 3.11. The number of aryl methyl sites for hydroxylation is 1. The van der Waals surface area contributed by atoms with E-state index in [9.17, 15) is 0 Å². The molecule has 4 nitrogen and oxygen atoms in total. The topological polar surface area (TPSA) is 39.9 Å². The van der Waals surface area contributed by atoms with Crippen molar-refractivity contribution in [1.82, 2.24) is 14.8 Å². The first-order chi connectivity index (χ1) is 11.1. The SMILES string of the molecule is COc1ccc(-n2nc(C(C)C)cc2-c2ccc(C)cc2)cn1. The highest BCUT2D eigenvalue weighted by molar-refractivity contribution is 5.63. The second-order valence-electron chi connectivity index (χ2n) is 5.95. The van der Waals surface area contributed by atoms with Crippen LogP contribution < -0.4 is 4.74 Å². The summed E-state index contributed by atoms with van der Waals surface area (Å²) in [6.07, 6.45) is 1.79. The highest BCUT2D eigenvalue weighted by Crippen LogP contribution is 2.27. The fourth-order valence-corrected chi connectivity index (χ4v) is 2.43. The van der Waals surface area contributed by atoms with Gasteiger partial charge in [0.25, 0.3) is 0 Å². The first kappa shape index (κ1) is 15.3. The lowest BCUT2D eigenvalue weighted by atomic mass is 10.1. The van der Waals surface area contributed by atoms with Crippen LogP contribution in [0.4, 0.5) is 0 Å². The highest BCUT2D eigenvalue weighted by Gasteiger charge is 2.14. The quantitative estimate of drug-likeness (QED) is 0.718. The van der Waals surface area contributed by atoms with Gasteiger partial charge in [0.05, 0.1) is 30.4 Å². The van der Waals surface area contributed by atoms with E-state index < -0.39 is 0 Å². The molecule has 3 aromatic rings. The van der Waals surface area contributed by atoms with E-state index in [2.05, 4.69) is 56.1 Å². The molecule has 0 spiro atoms. The number of methoxy groups -OCH3 is 1. The molecule has 3 rings (SSSR count). The molecule has 1 aromatic carbocycles. The van der Waals surface area contributed by atoms with Crippen molar-refractivity contribution in [3.05, 3.63) is 59.9 Å². The number of hydrogen-bond donors (Lipinski definition) is 0. The molecule has 0 radical (unpaired) electrons. The average molecular weight is 307 g/mol. The van der Waals surface area contributed by atoms with Gasteiger partial charge in [-0.2, -0.15) is 5.10 Å². The van der Waals surface area contributed by atoms with Crippen molar-refractivity contribution in [2.75, 3.05) is 7.11 Å². The predicted octanol–water partition coefficient (Wildman–Crippen LogP) is 4.37. The van der Waals surface area contributed by atoms with Crippen LogP contribution in [0.25, 0.3) is 16.9 Å². The summed E-state index contributed by atoms with van der Waals surface area (Å²) in [6.45, 7) is 6.39. The minimum Gasteiger partial charge on any atom is -0.481 e. The van der Waals surface area contributed by atoms with Crippen LogP contribution in [0.2, 0.25) is 0 Å². The van der Waals surface area contributed by atoms with E-state index in [0.717, 1.165) is 22.6 Å². The van der Waals surface area contributed by atoms with Gasteiger partial charge in [0.2, 0.25) is 5.88 Å². The summed E-state index contributed by atoms with van der Waals surface area (Å²) in [4.78, 5) is 4.29. The predicted molar refractivity (Wildman–Crippen MR) is 92.2 cm³/mol. The molecule has 0 aliphatic rings. The molecule has 0 fully saturated rings. The fourth-order valence-electron chi connectivity index (χ4n) is 2.43. The van der Waals surface area contributed by atoms with Crippen molar-refractivity contribution in [3.63, 3.8) is 0 Å². The Morgan fingerprint density at radius 1 is 1.04 bits per heavy atom. The second-order valence-corrected chi connectivity index (χ2v) is 5.95. The molecule has 0 atom stereocenters. The van der Waals surface area contributed by atoms with Gasteiger partial charge in [-0.25, -0.2) is 9.67 Å². The molecule has 0 saturated carbocycles. The van der Waals surface area contributed by atoms with Crippen molar-refractivity contribution in [1.29, 1.82) is 0 Å². The monoisotopic (exact) mass is 307 g/mol. The third-order valence-electron chi connectivity index (χ3n) is 3.84. The van der Waals surface area contributed by atoms with Crippen molar-refractivity contribution in [2.45, 2.75) is 26.7 Å². The Kier molecular flexibility index (Phi) is 4.15. The van der Waals surface area contributed by atoms with Crippen molar-refractivity contribution in [2.24, 2.45) is 0 Å². The van der Waals surface area contributed by atoms with Gasteiger partial charge in [0, 0.05) is 11.6 Å². The van der Waals surface area contributed by atoms with E-state index in [4.69, 9.17) is 9.84 Å². The van der Waals surface area contributed by atoms with Crippen LogP contribution >= 0.6 is 0 Å². The standard InChI is InChI=1S/C19H21N3O/c1-13(2)17-11-18(15-7-5-14(3)6-8-15)22(21-17)16-9-10-19(23-4)20-12-16/h5-13H,1-4H3. The van der Waals surface area contributed by atoms with Crippen LogP contribution in [0.5, 0.6) is 5.88 Å². The van der Waals surface area contributed by atoms with Crippen LogP contribution in [-0.2, 0) is 0 Å². The van der Waals surface area contributed by atoms with Gasteiger partial charge >= 0.3 is 0 Å². The molecule has 4 heteroatoms. The summed E-state index contributed by atoms with van der Waals surface area (Å²) in [6, 6.07) is 14.5. The fraction of sp³-hybridized carbons (Fsp3) is 0.263. The molecular weight excluding hydrogens is 286 g/mol. The molecule has 0 bridgehead atoms. The summed E-state index contributed by atoms with van der Waals surface area (Å²) in [5.74, 6) is 0.966. The van der Waals surface area contributed by atoms with E-state index in [1.165, 1.54) is 5.56 Å². The molecule has 2 heterocycles. The lowest BCUT2D eigenvalue weighted by molar-refractivity contribution is 0.397. The van der Waals surface area contributed by atoms with E-state index in [1.54, 1.807) is 13.3 Å². The van der Waals surface area contributed by atoms with Gasteiger partial charge in [-0.15, -0.1) is 0 Å². The van der Waals surface area contributed by atoms with Crippen molar-refractivity contribution in [3.8, 4) is 22.8 Å². The van der Waals surface area contributed by atoms with E-state index in [-0.39, 0.29) is 0 Å². The van der Waals surface area contributed by atoms with Gasteiger partial charge in [-0.3, -0.25) is 0 Å². The summed E-state index contributed by atoms with van der Waals surface area (Å²) in [5.41, 5.74) is 5.45. The lowest BCUT2D eigenvalue weighted by Crippen LogP contribution is -2.01. The lowest BCUT2D eigenvalue weighted by Gasteiger charge is -2.08. The summed E-state index contributed by atoms with van der Waals surface area (Å²) >= 11 is 0. The molecule has 0 aliphatic carbocycles. The van der Waals surface area contributed by atoms with Gasteiger partial charge in [-0.1, -0.05) is 43.7 Å². The first-order valence-corrected chi connectivity index (χ1v) is 7.76. The van der Waals surface area contributed by atoms with Crippen molar-refractivity contribution >= 4 is 0 Å². The number of aromatic nitrogens is 3. The number of nitrogens with zero attached hydrogens (tertiary/aromatic N) is 3. The van der Waals surface area contributed by atoms with Crippen LogP contribution in [0.15, 0.2) is 48.7 Å². The Balaban J connectivity index is 2.12. The zero-order valence-corrected chi connectivity index (χ0v) is 13.9. The molecule has 0 saturated heterocycles. The van der Waals surface area contributed by atoms with Gasteiger partial charge in [0.15, 0.2) is 0 Å². The second kappa shape index (κ2) is 6.24. The molecule has 0 N–H and O–H groups in total. The Morgan fingerprint density at radius 2 is 1.78 bits per heavy atom. The number of pyridine rings is 1. The largest absolute Gasteiger partial charge is 0.481 e. The number of hydrogen-bond acceptors (Lipinski definition) is 3. The van der Waals surface area contributed by atoms with Crippen LogP contribution in [0, 0.1) is 6.92 Å². The third-order valence-corrected chi connectivity index (χ3v) is 3.84. The number of benzene rings is 1. The smallest absolute Gasteiger partial charge is 0.213 e. The minimum atomic E-state index is 0.367. The first-order valence-electron chi connectivity index (χ1n) is 7.76. The normalized spacial score (nSPS) is 11.0. The summed E-state index contributed by atoms with van der Waals surface area (Å²) in [5, 5.41) is 4.77. The highest BCUT2D eigenvalue weighted by atomic mass is 16.5. The van der Waals surface area contributed by atoms with Gasteiger partial charge in [0.1, 0.15) is 0 Å². The van der Waals surface area contributed by atoms with Crippen LogP contribution in [0.3, 0.4) is 0 Å². The average Bonchev–Trinajstić information content (AvgIpc) is 3.01. The Labute approximate surface area is 136 Å². The minimum absolute atomic E-state index is 0.367. The van der Waals surface area contributed by atoms with Crippen molar-refractivity contribution < 1.29 is 4.74 Å². The number of rotatable bonds is 4.